The molecule has 0 aliphatic carbocycles. The summed E-state index contributed by atoms with van der Waals surface area (Å²) in [5.41, 5.74) is 5.62. The van der Waals surface area contributed by atoms with Gasteiger partial charge in [-0.1, -0.05) is 92.3 Å². The summed E-state index contributed by atoms with van der Waals surface area (Å²) in [5, 5.41) is 8.54. The second kappa shape index (κ2) is 8.13. The molecule has 4 aromatic rings. The number of rotatable bonds is 6. The van der Waals surface area contributed by atoms with Crippen molar-refractivity contribution in [3.63, 3.8) is 0 Å². The van der Waals surface area contributed by atoms with Crippen LogP contribution in [0.3, 0.4) is 0 Å². The maximum absolute atomic E-state index is 5.98. The van der Waals surface area contributed by atoms with Gasteiger partial charge >= 0.3 is 0 Å². The van der Waals surface area contributed by atoms with Crippen LogP contribution < -0.4 is 0 Å². The summed E-state index contributed by atoms with van der Waals surface area (Å²) < 4.78 is 9.66. The van der Waals surface area contributed by atoms with Gasteiger partial charge in [0, 0.05) is 11.1 Å². The molecule has 1 aliphatic rings. The van der Waals surface area contributed by atoms with E-state index < -0.39 is 0 Å². The van der Waals surface area contributed by atoms with Crippen LogP contribution in [-0.4, -0.2) is 13.9 Å². The second-order valence-corrected chi connectivity index (χ2v) is 10.5. The smallest absolute Gasteiger partial charge is 0.248 e. The fourth-order valence-corrected chi connectivity index (χ4v) is 6.28. The van der Waals surface area contributed by atoms with Crippen molar-refractivity contribution in [2.24, 2.45) is 0 Å². The number of hydrogen-bond donors (Lipinski definition) is 0. The molecule has 1 aliphatic heterocycles. The fourth-order valence-electron chi connectivity index (χ4n) is 3.73. The molecule has 0 radical (unpaired) electrons. The van der Waals surface area contributed by atoms with Crippen molar-refractivity contribution in [1.82, 2.24) is 10.2 Å². The van der Waals surface area contributed by atoms with Gasteiger partial charge in [0.2, 0.25) is 11.8 Å². The Morgan fingerprint density at radius 1 is 0.767 bits per heavy atom. The quantitative estimate of drug-likeness (QED) is 0.210. The van der Waals surface area contributed by atoms with E-state index in [2.05, 4.69) is 75.4 Å². The molecule has 0 fully saturated rings. The number of nitrogens with zero attached hydrogens (tertiary/aromatic N) is 2. The van der Waals surface area contributed by atoms with Crippen LogP contribution in [-0.2, 0) is 3.42 Å². The van der Waals surface area contributed by atoms with E-state index in [0.29, 0.717) is 11.8 Å². The van der Waals surface area contributed by atoms with Gasteiger partial charge in [0.25, 0.3) is 0 Å². The van der Waals surface area contributed by atoms with Gasteiger partial charge < -0.3 is 4.42 Å². The first kappa shape index (κ1) is 19.2. The van der Waals surface area contributed by atoms with Gasteiger partial charge in [-0.05, 0) is 53.5 Å². The lowest BCUT2D eigenvalue weighted by atomic mass is 9.93. The predicted molar refractivity (Wildman–Crippen MR) is 131 cm³/mol. The summed E-state index contributed by atoms with van der Waals surface area (Å²) in [5.74, 6) is 1.09. The van der Waals surface area contributed by atoms with Crippen LogP contribution in [0.25, 0.3) is 34.0 Å². The van der Waals surface area contributed by atoms with Crippen LogP contribution in [0, 0.1) is 0 Å². The highest BCUT2D eigenvalue weighted by Crippen LogP contribution is 2.45. The summed E-state index contributed by atoms with van der Waals surface area (Å²) in [6.45, 7) is 2.25. The van der Waals surface area contributed by atoms with Gasteiger partial charge in [-0.3, -0.25) is 0 Å². The van der Waals surface area contributed by atoms with Gasteiger partial charge in [0.05, 0.1) is 3.42 Å². The standard InChI is InChI=1S/C26H21IN2O/c1-2-16-26(17-18-27-26)23-14-12-22(13-15-23)25-29-28-24(30-25)21-10-8-20(9-11-21)19-6-4-3-5-7-19/h3-15,17H,2,16H2,1H3. The van der Waals surface area contributed by atoms with Gasteiger partial charge in [-0.25, -0.2) is 0 Å². The molecule has 0 N–H and O–H groups in total. The van der Waals surface area contributed by atoms with Gasteiger partial charge in [0.15, 0.2) is 0 Å². The Bertz CT molecular complexity index is 1210. The Hall–Kier alpha value is -2.82. The highest BCUT2D eigenvalue weighted by Gasteiger charge is 2.30. The third-order valence-electron chi connectivity index (χ3n) is 5.40. The SMILES string of the molecule is CCCC1(c2ccc(-c3nnc(-c4ccc(-c5ccccc5)cc4)o3)cc2)C=C=I1. The summed E-state index contributed by atoms with van der Waals surface area (Å²) >= 11 is -0.0154. The molecule has 1 unspecified atom stereocenters. The van der Waals surface area contributed by atoms with Gasteiger partial charge in [0.1, 0.15) is 0 Å². The molecule has 0 bridgehead atoms. The van der Waals surface area contributed by atoms with E-state index in [1.807, 2.05) is 30.3 Å². The zero-order valence-corrected chi connectivity index (χ0v) is 18.8. The van der Waals surface area contributed by atoms with E-state index in [1.54, 1.807) is 0 Å². The topological polar surface area (TPSA) is 38.9 Å². The lowest BCUT2D eigenvalue weighted by Crippen LogP contribution is -2.19. The molecule has 0 saturated heterocycles. The molecule has 2 heterocycles. The minimum absolute atomic E-state index is 0.0154. The maximum Gasteiger partial charge on any atom is 0.248 e. The minimum atomic E-state index is -0.0154. The predicted octanol–water partition coefficient (Wildman–Crippen LogP) is 7.01. The number of hydrogen-bond acceptors (Lipinski definition) is 3. The Morgan fingerprint density at radius 2 is 1.30 bits per heavy atom. The van der Waals surface area contributed by atoms with Crippen molar-refractivity contribution in [2.45, 2.75) is 23.2 Å². The average molecular weight is 504 g/mol. The molecule has 0 amide bonds. The molecule has 0 spiro atoms. The van der Waals surface area contributed by atoms with Crippen LogP contribution in [0.1, 0.15) is 25.3 Å². The molecule has 4 heteroatoms. The average Bonchev–Trinajstić information content (AvgIpc) is 3.27. The van der Waals surface area contributed by atoms with E-state index in [0.717, 1.165) is 11.1 Å². The lowest BCUT2D eigenvalue weighted by Gasteiger charge is -2.29. The number of halogens is 1. The van der Waals surface area contributed by atoms with Crippen LogP contribution in [0.2, 0.25) is 0 Å². The van der Waals surface area contributed by atoms with E-state index >= 15 is 0 Å². The first-order valence-corrected chi connectivity index (χ1v) is 12.3. The minimum Gasteiger partial charge on any atom is -0.416 e. The summed E-state index contributed by atoms with van der Waals surface area (Å²) in [6.07, 6.45) is 4.66. The van der Waals surface area contributed by atoms with Crippen LogP contribution in [0.4, 0.5) is 0 Å². The molecule has 5 rings (SSSR count). The van der Waals surface area contributed by atoms with E-state index in [9.17, 15) is 0 Å². The largest absolute Gasteiger partial charge is 0.416 e. The van der Waals surface area contributed by atoms with Crippen molar-refractivity contribution in [1.29, 1.82) is 0 Å². The van der Waals surface area contributed by atoms with Crippen molar-refractivity contribution in [2.75, 3.05) is 0 Å². The Labute approximate surface area is 186 Å². The maximum atomic E-state index is 5.98. The Morgan fingerprint density at radius 3 is 1.83 bits per heavy atom. The number of alkyl halides is 1. The van der Waals surface area contributed by atoms with Gasteiger partial charge in [-0.2, -0.15) is 0 Å². The highest BCUT2D eigenvalue weighted by molar-refractivity contribution is 14.2. The molecular weight excluding hydrogens is 483 g/mol. The lowest BCUT2D eigenvalue weighted by molar-refractivity contribution is 0.584. The molecule has 1 atom stereocenters. The van der Waals surface area contributed by atoms with E-state index in [-0.39, 0.29) is 24.2 Å². The van der Waals surface area contributed by atoms with Crippen molar-refractivity contribution in [3.8, 4) is 34.0 Å². The summed E-state index contributed by atoms with van der Waals surface area (Å²) in [7, 11) is 0. The molecular formula is C26H21IN2O. The zero-order chi connectivity index (χ0) is 20.4. The third kappa shape index (κ3) is 3.57. The molecule has 30 heavy (non-hydrogen) atoms. The number of benzene rings is 3. The first-order chi connectivity index (χ1) is 14.8. The summed E-state index contributed by atoms with van der Waals surface area (Å²) in [4.78, 5) is 0. The number of aromatic nitrogens is 2. The van der Waals surface area contributed by atoms with Crippen molar-refractivity contribution < 1.29 is 4.42 Å². The van der Waals surface area contributed by atoms with Crippen LogP contribution in [0.5, 0.6) is 0 Å². The molecule has 0 saturated carbocycles. The van der Waals surface area contributed by atoms with E-state index in [4.69, 9.17) is 4.42 Å². The van der Waals surface area contributed by atoms with Crippen molar-refractivity contribution >= 4 is 24.4 Å². The van der Waals surface area contributed by atoms with Crippen LogP contribution >= 0.6 is 20.7 Å². The third-order valence-corrected chi connectivity index (χ3v) is 8.45. The van der Waals surface area contributed by atoms with Crippen LogP contribution in [0.15, 0.2) is 89.4 Å². The second-order valence-electron chi connectivity index (χ2n) is 7.39. The molecule has 3 aromatic carbocycles. The van der Waals surface area contributed by atoms with Crippen molar-refractivity contribution in [3.05, 3.63) is 90.5 Å². The monoisotopic (exact) mass is 504 g/mol. The highest BCUT2D eigenvalue weighted by atomic mass is 127. The molecule has 1 aromatic heterocycles. The first-order valence-electron chi connectivity index (χ1n) is 10.1. The fraction of sp³-hybridized carbons (Fsp3) is 0.154. The van der Waals surface area contributed by atoms with Gasteiger partial charge in [-0.15, -0.1) is 10.2 Å². The van der Waals surface area contributed by atoms with E-state index in [1.165, 1.54) is 29.5 Å². The summed E-state index contributed by atoms with van der Waals surface area (Å²) in [6, 6.07) is 27.2. The normalized spacial score (nSPS) is 17.4. The molecule has 148 valence electrons. The Balaban J connectivity index is 1.36. The zero-order valence-electron chi connectivity index (χ0n) is 16.7. The molecule has 3 nitrogen and oxygen atoms in total. The number of allylic oxidation sites excluding steroid dienone is 1. The Kier molecular flexibility index (Phi) is 5.19.